The molecule has 16 nitrogen and oxygen atoms in total. The number of aromatic hydroxyl groups is 2. The molecule has 16 heteroatoms. The number of non-ortho nitro benzene ring substituents is 1. The van der Waals surface area contributed by atoms with Crippen LogP contribution in [-0.2, 0) is 11.3 Å². The number of phenols is 1. The van der Waals surface area contributed by atoms with Crippen molar-refractivity contribution in [3.05, 3.63) is 99.1 Å². The lowest BCUT2D eigenvalue weighted by molar-refractivity contribution is -0.597. The summed E-state index contributed by atoms with van der Waals surface area (Å²) in [7, 11) is 3.86. The van der Waals surface area contributed by atoms with Crippen LogP contribution in [0.4, 0.5) is 28.4 Å². The Kier molecular flexibility index (Phi) is 9.75. The summed E-state index contributed by atoms with van der Waals surface area (Å²) in [4.78, 5) is 38.9. The Balaban J connectivity index is 1.37. The van der Waals surface area contributed by atoms with Crippen molar-refractivity contribution in [2.75, 3.05) is 25.6 Å². The number of azo groups is 2. The number of hydrogen-bond acceptors (Lipinski definition) is 12. The molecular formula is C32H33N10O6+. The number of phenolic OH excluding ortho intramolecular Hbond substituents is 1. The molecule has 0 saturated carbocycles. The highest BCUT2D eigenvalue weighted by atomic mass is 16.6. The van der Waals surface area contributed by atoms with Gasteiger partial charge in [-0.2, -0.15) is 30.0 Å². The Bertz CT molecular complexity index is 2010. The van der Waals surface area contributed by atoms with Crippen molar-refractivity contribution < 1.29 is 24.5 Å². The van der Waals surface area contributed by atoms with Gasteiger partial charge in [0.2, 0.25) is 5.88 Å². The van der Waals surface area contributed by atoms with Crippen LogP contribution < -0.4 is 15.1 Å². The minimum absolute atomic E-state index is 0.0332. The molecular weight excluding hydrogens is 620 g/mol. The largest absolute Gasteiger partial charge is 0.505 e. The van der Waals surface area contributed by atoms with E-state index >= 15 is 0 Å². The van der Waals surface area contributed by atoms with Gasteiger partial charge < -0.3 is 15.1 Å². The lowest BCUT2D eigenvalue weighted by Gasteiger charge is -2.14. The summed E-state index contributed by atoms with van der Waals surface area (Å²) < 4.78 is 2.99. The number of nitrogens with zero attached hydrogens (tertiary/aromatic N) is 10. The number of rotatable bonds is 11. The first-order valence-corrected chi connectivity index (χ1v) is 14.8. The molecule has 0 aliphatic carbocycles. The van der Waals surface area contributed by atoms with Gasteiger partial charge in [-0.05, 0) is 71.2 Å². The molecule has 1 atom stereocenters. The second-order valence-electron chi connectivity index (χ2n) is 11.2. The number of nitro benzene ring substituents is 1. The predicted molar refractivity (Wildman–Crippen MR) is 176 cm³/mol. The van der Waals surface area contributed by atoms with Crippen molar-refractivity contribution in [1.82, 2.24) is 9.47 Å². The van der Waals surface area contributed by atoms with Gasteiger partial charge in [0.1, 0.15) is 11.4 Å². The van der Waals surface area contributed by atoms with Gasteiger partial charge in [0.25, 0.3) is 17.3 Å². The Hall–Kier alpha value is -6.16. The second-order valence-corrected chi connectivity index (χ2v) is 11.2. The topological polar surface area (TPSA) is 195 Å². The molecule has 4 aromatic rings. The molecule has 2 aromatic heterocycles. The quantitative estimate of drug-likeness (QED) is 0.0984. The van der Waals surface area contributed by atoms with E-state index < -0.39 is 22.6 Å². The highest BCUT2D eigenvalue weighted by Gasteiger charge is 2.35. The molecule has 2 N–H and O–H groups in total. The van der Waals surface area contributed by atoms with Crippen molar-refractivity contribution in [3.63, 3.8) is 0 Å². The minimum Gasteiger partial charge on any atom is -0.505 e. The van der Waals surface area contributed by atoms with Crippen molar-refractivity contribution in [3.8, 4) is 17.3 Å². The van der Waals surface area contributed by atoms with Crippen LogP contribution >= 0.6 is 0 Å². The van der Waals surface area contributed by atoms with Crippen LogP contribution in [0.15, 0.2) is 103 Å². The van der Waals surface area contributed by atoms with E-state index in [-0.39, 0.29) is 35.0 Å². The molecule has 0 radical (unpaired) electrons. The number of benzene rings is 2. The van der Waals surface area contributed by atoms with Gasteiger partial charge in [-0.1, -0.05) is 6.07 Å². The van der Waals surface area contributed by atoms with Gasteiger partial charge in [0.05, 0.1) is 33.6 Å². The fourth-order valence-corrected chi connectivity index (χ4v) is 4.99. The first kappa shape index (κ1) is 33.2. The van der Waals surface area contributed by atoms with Crippen LogP contribution in [0, 0.1) is 17.0 Å². The summed E-state index contributed by atoms with van der Waals surface area (Å²) in [6.45, 7) is 4.30. The standard InChI is InChI=1S/C32H32N10O6/c1-20-27(30(44)40(18-8-15-38(3)4)32(46)29(20)39-16-6-5-7-17-39)35-33-22-9-11-23(12-10-22)41-31(45)28(21(2)37-41)36-34-25-14-13-24(42(47)48)19-26(25)43/h5-7,9-14,16-17,19,28H,8,15,18H2,1-4H3,(H-,33,36,43,44,46)/p+1. The van der Waals surface area contributed by atoms with Gasteiger partial charge >= 0.3 is 5.56 Å². The van der Waals surface area contributed by atoms with Crippen LogP contribution in [0.25, 0.3) is 5.69 Å². The number of hydrogen-bond donors (Lipinski definition) is 2. The molecule has 0 fully saturated rings. The van der Waals surface area contributed by atoms with Crippen LogP contribution in [0.5, 0.6) is 11.6 Å². The fourth-order valence-electron chi connectivity index (χ4n) is 4.99. The number of carbonyl (C=O) groups excluding carboxylic acids is 1. The maximum Gasteiger partial charge on any atom is 0.326 e. The summed E-state index contributed by atoms with van der Waals surface area (Å²) in [6, 6.07) is 14.2. The number of amides is 1. The number of nitro groups is 1. The molecule has 0 bridgehead atoms. The third-order valence-electron chi connectivity index (χ3n) is 7.49. The van der Waals surface area contributed by atoms with E-state index in [9.17, 15) is 29.9 Å². The van der Waals surface area contributed by atoms with Crippen molar-refractivity contribution >= 4 is 40.1 Å². The first-order chi connectivity index (χ1) is 23.0. The monoisotopic (exact) mass is 653 g/mol. The van der Waals surface area contributed by atoms with Crippen molar-refractivity contribution in [2.24, 2.45) is 25.6 Å². The molecule has 246 valence electrons. The predicted octanol–water partition coefficient (Wildman–Crippen LogP) is 4.99. The Morgan fingerprint density at radius 2 is 1.71 bits per heavy atom. The molecule has 0 saturated heterocycles. The summed E-state index contributed by atoms with van der Waals surface area (Å²) in [6.07, 6.45) is 4.12. The molecule has 3 heterocycles. The molecule has 1 aliphatic rings. The number of hydrazone groups is 1. The smallest absolute Gasteiger partial charge is 0.326 e. The molecule has 5 rings (SSSR count). The van der Waals surface area contributed by atoms with Gasteiger partial charge in [0.15, 0.2) is 24.1 Å². The van der Waals surface area contributed by atoms with Gasteiger partial charge in [-0.15, -0.1) is 5.11 Å². The number of pyridine rings is 2. The second kappa shape index (κ2) is 14.1. The number of aromatic nitrogens is 2. The van der Waals surface area contributed by atoms with Crippen molar-refractivity contribution in [2.45, 2.75) is 32.9 Å². The van der Waals surface area contributed by atoms with Crippen LogP contribution in [0.2, 0.25) is 0 Å². The normalized spacial score (nSPS) is 14.9. The summed E-state index contributed by atoms with van der Waals surface area (Å²) >= 11 is 0. The lowest BCUT2D eigenvalue weighted by atomic mass is 10.2. The van der Waals surface area contributed by atoms with E-state index in [1.807, 2.05) is 25.1 Å². The SMILES string of the molecule is CC1=NN(c2ccc(N=Nc3c(C)c(-[n+]4ccccc4)c(=O)n(CCCN(C)C)c3O)cc2)C(=O)C1N=Nc1ccc([N+](=O)[O-])cc1O. The third-order valence-corrected chi connectivity index (χ3v) is 7.49. The van der Waals surface area contributed by atoms with Crippen LogP contribution in [-0.4, -0.2) is 62.9 Å². The van der Waals surface area contributed by atoms with Crippen LogP contribution in [0.1, 0.15) is 18.9 Å². The molecule has 1 unspecified atom stereocenters. The average molecular weight is 654 g/mol. The van der Waals surface area contributed by atoms with E-state index in [0.29, 0.717) is 41.3 Å². The average Bonchev–Trinajstić information content (AvgIpc) is 3.34. The van der Waals surface area contributed by atoms with E-state index in [4.69, 9.17) is 0 Å². The van der Waals surface area contributed by atoms with Gasteiger partial charge in [0, 0.05) is 24.7 Å². The summed E-state index contributed by atoms with van der Waals surface area (Å²) in [5, 5.41) is 54.2. The van der Waals surface area contributed by atoms with E-state index in [1.54, 1.807) is 67.2 Å². The van der Waals surface area contributed by atoms with E-state index in [0.717, 1.165) is 6.07 Å². The first-order valence-electron chi connectivity index (χ1n) is 14.8. The van der Waals surface area contributed by atoms with Crippen molar-refractivity contribution in [1.29, 1.82) is 0 Å². The molecule has 2 aromatic carbocycles. The number of anilines is 1. The molecule has 1 amide bonds. The third kappa shape index (κ3) is 6.97. The zero-order valence-electron chi connectivity index (χ0n) is 26.6. The van der Waals surface area contributed by atoms with E-state index in [2.05, 4.69) is 25.6 Å². The molecule has 48 heavy (non-hydrogen) atoms. The molecule has 1 aliphatic heterocycles. The summed E-state index contributed by atoms with van der Waals surface area (Å²) in [5.41, 5.74) is 1.44. The number of carbonyl (C=O) groups is 1. The lowest BCUT2D eigenvalue weighted by Crippen LogP contribution is -2.40. The highest BCUT2D eigenvalue weighted by molar-refractivity contribution is 6.18. The van der Waals surface area contributed by atoms with E-state index in [1.165, 1.54) is 21.7 Å². The molecule has 0 spiro atoms. The Morgan fingerprint density at radius 1 is 1.00 bits per heavy atom. The summed E-state index contributed by atoms with van der Waals surface area (Å²) in [5.74, 6) is -1.22. The zero-order chi connectivity index (χ0) is 34.5. The zero-order valence-corrected chi connectivity index (χ0v) is 26.6. The Morgan fingerprint density at radius 3 is 2.35 bits per heavy atom. The maximum atomic E-state index is 13.5. The fraction of sp³-hybridized carbons (Fsp3) is 0.250. The van der Waals surface area contributed by atoms with Gasteiger partial charge in [-0.25, -0.2) is 0 Å². The van der Waals surface area contributed by atoms with Crippen LogP contribution in [0.3, 0.4) is 0 Å². The minimum atomic E-state index is -1.06. The highest BCUT2D eigenvalue weighted by Crippen LogP contribution is 2.34. The Labute approximate surface area is 274 Å². The maximum absolute atomic E-state index is 13.5. The van der Waals surface area contributed by atoms with Gasteiger partial charge in [-0.3, -0.25) is 24.3 Å².